The molecule has 1 saturated carbocycles. The van der Waals surface area contributed by atoms with Crippen molar-refractivity contribution in [2.24, 2.45) is 17.8 Å². The van der Waals surface area contributed by atoms with E-state index in [0.29, 0.717) is 11.1 Å². The van der Waals surface area contributed by atoms with E-state index in [2.05, 4.69) is 25.2 Å². The van der Waals surface area contributed by atoms with Gasteiger partial charge in [0.15, 0.2) is 19.4 Å². The van der Waals surface area contributed by atoms with Gasteiger partial charge >= 0.3 is 0 Å². The number of hydrogen-bond donors (Lipinski definition) is 0. The van der Waals surface area contributed by atoms with Crippen molar-refractivity contribution in [2.75, 3.05) is 6.51 Å². The van der Waals surface area contributed by atoms with Crippen molar-refractivity contribution in [3.8, 4) is 28.0 Å². The van der Waals surface area contributed by atoms with Crippen LogP contribution in [0, 0.1) is 35.2 Å². The molecule has 0 amide bonds. The molecule has 3 aromatic carbocycles. The van der Waals surface area contributed by atoms with Crippen LogP contribution in [0.1, 0.15) is 70.3 Å². The lowest BCUT2D eigenvalue weighted by Gasteiger charge is -2.35. The number of halogens is 3. The fourth-order valence-electron chi connectivity index (χ4n) is 6.79. The Bertz CT molecular complexity index is 1390. The maximum absolute atomic E-state index is 15.3. The number of rotatable bonds is 9. The number of ether oxygens (including phenoxy) is 1. The Morgan fingerprint density at radius 3 is 2.17 bits per heavy atom. The van der Waals surface area contributed by atoms with Gasteiger partial charge < -0.3 is 4.74 Å². The summed E-state index contributed by atoms with van der Waals surface area (Å²) in [4.78, 5) is 0. The highest BCUT2D eigenvalue weighted by Gasteiger charge is 2.29. The Hall–Kier alpha value is -3.21. The van der Waals surface area contributed by atoms with Gasteiger partial charge in [0.2, 0.25) is 5.82 Å². The second kappa shape index (κ2) is 13.6. The standard InChI is InChI=1S/C36H40BF3O/c1-2-3-4-5-24-6-8-25(9-7-24)26-10-14-28(15-11-26)31-19-18-30(22-33(31)38)27-12-16-29(17-13-27)32-20-21-34(41-23-37)36(40)35(32)39/h2-3,12-14,16-22,24-26H,4-11,15,23,37H2,1H3/b3-2+. The fraction of sp³-hybridized carbons (Fsp3) is 0.389. The predicted octanol–water partition coefficient (Wildman–Crippen LogP) is 9.75. The molecule has 0 heterocycles. The largest absolute Gasteiger partial charge is 0.500 e. The lowest BCUT2D eigenvalue weighted by molar-refractivity contribution is 0.190. The lowest BCUT2D eigenvalue weighted by Crippen LogP contribution is -2.23. The van der Waals surface area contributed by atoms with Gasteiger partial charge in [-0.15, -0.1) is 0 Å². The summed E-state index contributed by atoms with van der Waals surface area (Å²) in [5.74, 6) is 0.198. The topological polar surface area (TPSA) is 9.23 Å². The molecule has 0 aromatic heterocycles. The summed E-state index contributed by atoms with van der Waals surface area (Å²) in [6.45, 7) is 2.36. The first kappa shape index (κ1) is 29.3. The van der Waals surface area contributed by atoms with E-state index in [1.165, 1.54) is 50.7 Å². The molecule has 0 saturated heterocycles. The molecule has 5 heteroatoms. The number of allylic oxidation sites excluding steroid dienone is 4. The van der Waals surface area contributed by atoms with E-state index in [1.54, 1.807) is 26.0 Å². The van der Waals surface area contributed by atoms with Crippen molar-refractivity contribution in [3.05, 3.63) is 95.8 Å². The van der Waals surface area contributed by atoms with Crippen LogP contribution in [0.25, 0.3) is 27.8 Å². The predicted molar refractivity (Wildman–Crippen MR) is 166 cm³/mol. The van der Waals surface area contributed by atoms with Crippen LogP contribution >= 0.6 is 0 Å². The molecule has 0 spiro atoms. The second-order valence-electron chi connectivity index (χ2n) is 11.6. The molecule has 1 unspecified atom stereocenters. The van der Waals surface area contributed by atoms with E-state index in [4.69, 9.17) is 4.74 Å². The zero-order chi connectivity index (χ0) is 28.8. The van der Waals surface area contributed by atoms with Gasteiger partial charge in [-0.05, 0) is 110 Å². The minimum atomic E-state index is -0.988. The van der Waals surface area contributed by atoms with Crippen molar-refractivity contribution in [1.82, 2.24) is 0 Å². The lowest BCUT2D eigenvalue weighted by atomic mass is 9.70. The maximum Gasteiger partial charge on any atom is 0.201 e. The average Bonchev–Trinajstić information content (AvgIpc) is 3.00. The summed E-state index contributed by atoms with van der Waals surface area (Å²) in [5.41, 5.74) is 4.12. The van der Waals surface area contributed by atoms with Crippen molar-refractivity contribution in [1.29, 1.82) is 0 Å². The summed E-state index contributed by atoms with van der Waals surface area (Å²) < 4.78 is 49.5. The third-order valence-electron chi connectivity index (χ3n) is 9.18. The highest BCUT2D eigenvalue weighted by Crippen LogP contribution is 2.42. The van der Waals surface area contributed by atoms with E-state index in [9.17, 15) is 8.78 Å². The van der Waals surface area contributed by atoms with E-state index in [0.717, 1.165) is 53.7 Å². The molecule has 0 aliphatic heterocycles. The summed E-state index contributed by atoms with van der Waals surface area (Å²) in [5, 5.41) is 0. The van der Waals surface area contributed by atoms with Gasteiger partial charge in [-0.2, -0.15) is 4.39 Å². The van der Waals surface area contributed by atoms with Crippen molar-refractivity contribution >= 4 is 13.4 Å². The molecule has 5 rings (SSSR count). The molecule has 0 bridgehead atoms. The molecule has 1 nitrogen and oxygen atoms in total. The third-order valence-corrected chi connectivity index (χ3v) is 9.18. The van der Waals surface area contributed by atoms with Crippen LogP contribution < -0.4 is 4.74 Å². The maximum atomic E-state index is 15.3. The van der Waals surface area contributed by atoms with Gasteiger partial charge in [0, 0.05) is 11.1 Å². The minimum Gasteiger partial charge on any atom is -0.500 e. The Morgan fingerprint density at radius 1 is 0.805 bits per heavy atom. The highest BCUT2D eigenvalue weighted by atomic mass is 19.2. The van der Waals surface area contributed by atoms with Crippen LogP contribution in [-0.2, 0) is 0 Å². The first-order chi connectivity index (χ1) is 20.0. The number of benzene rings is 3. The molecule has 0 radical (unpaired) electrons. The molecule has 1 fully saturated rings. The van der Waals surface area contributed by atoms with Crippen molar-refractivity contribution in [3.63, 3.8) is 0 Å². The zero-order valence-corrected chi connectivity index (χ0v) is 24.3. The second-order valence-corrected chi connectivity index (χ2v) is 11.6. The van der Waals surface area contributed by atoms with Gasteiger partial charge in [0.1, 0.15) is 5.82 Å². The number of hydrogen-bond acceptors (Lipinski definition) is 1. The molecule has 214 valence electrons. The Labute approximate surface area is 243 Å². The smallest absolute Gasteiger partial charge is 0.201 e. The van der Waals surface area contributed by atoms with Crippen molar-refractivity contribution < 1.29 is 17.9 Å². The summed E-state index contributed by atoms with van der Waals surface area (Å²) in [7, 11) is 1.72. The fourth-order valence-corrected chi connectivity index (χ4v) is 6.79. The quantitative estimate of drug-likeness (QED) is 0.188. The summed E-state index contributed by atoms with van der Waals surface area (Å²) >= 11 is 0. The molecule has 1 atom stereocenters. The van der Waals surface area contributed by atoms with Gasteiger partial charge in [0.05, 0.1) is 6.51 Å². The Balaban J connectivity index is 1.21. The third kappa shape index (κ3) is 6.82. The van der Waals surface area contributed by atoms with Crippen LogP contribution in [0.2, 0.25) is 0 Å². The average molecular weight is 557 g/mol. The normalized spacial score (nSPS) is 21.2. The minimum absolute atomic E-state index is 0.0946. The molecule has 2 aliphatic rings. The van der Waals surface area contributed by atoms with E-state index in [-0.39, 0.29) is 23.6 Å². The summed E-state index contributed by atoms with van der Waals surface area (Å²) in [6, 6.07) is 15.5. The van der Waals surface area contributed by atoms with E-state index >= 15 is 4.39 Å². The Morgan fingerprint density at radius 2 is 1.51 bits per heavy atom. The van der Waals surface area contributed by atoms with Crippen LogP contribution in [0.15, 0.2) is 72.8 Å². The van der Waals surface area contributed by atoms with Crippen LogP contribution in [-0.4, -0.2) is 14.4 Å². The first-order valence-electron chi connectivity index (χ1n) is 15.3. The highest BCUT2D eigenvalue weighted by molar-refractivity contribution is 6.08. The molecule has 0 N–H and O–H groups in total. The van der Waals surface area contributed by atoms with Crippen molar-refractivity contribution in [2.45, 2.75) is 64.7 Å². The van der Waals surface area contributed by atoms with Gasteiger partial charge in [-0.25, -0.2) is 8.78 Å². The van der Waals surface area contributed by atoms with E-state index < -0.39 is 11.6 Å². The van der Waals surface area contributed by atoms with Gasteiger partial charge in [-0.3, -0.25) is 0 Å². The van der Waals surface area contributed by atoms with Crippen LogP contribution in [0.5, 0.6) is 5.75 Å². The molecule has 2 aliphatic carbocycles. The van der Waals surface area contributed by atoms with Crippen LogP contribution in [0.4, 0.5) is 13.2 Å². The van der Waals surface area contributed by atoms with Gasteiger partial charge in [0.25, 0.3) is 0 Å². The molecular formula is C36H40BF3O. The first-order valence-corrected chi connectivity index (χ1v) is 15.3. The molecular weight excluding hydrogens is 516 g/mol. The Kier molecular flexibility index (Phi) is 9.74. The SMILES string of the molecule is BCOc1ccc(-c2ccc(-c3ccc(C4=CCC(C5CCC(CC/C=C/C)CC5)CC4)c(F)c3)cc2)c(F)c1F. The van der Waals surface area contributed by atoms with Gasteiger partial charge in [-0.1, -0.05) is 67.5 Å². The molecule has 41 heavy (non-hydrogen) atoms. The molecule has 3 aromatic rings. The zero-order valence-electron chi connectivity index (χ0n) is 24.3. The van der Waals surface area contributed by atoms with E-state index in [1.807, 2.05) is 24.3 Å². The monoisotopic (exact) mass is 556 g/mol. The summed E-state index contributed by atoms with van der Waals surface area (Å²) in [6.07, 6.45) is 17.8. The van der Waals surface area contributed by atoms with Crippen LogP contribution in [0.3, 0.4) is 0 Å².